The summed E-state index contributed by atoms with van der Waals surface area (Å²) < 4.78 is 7.01. The monoisotopic (exact) mass is 366 g/mol. The van der Waals surface area contributed by atoms with Crippen molar-refractivity contribution in [3.63, 3.8) is 0 Å². The van der Waals surface area contributed by atoms with Gasteiger partial charge in [-0.3, -0.25) is 14.2 Å². The fourth-order valence-corrected chi connectivity index (χ4v) is 3.30. The molecule has 0 spiro atoms. The number of carboxylic acid groups (broad SMARTS) is 1. The smallest absolute Gasteiger partial charge is 0.323 e. The standard InChI is InChI=1S/C19H18N4O4/c1-11-7-13-17(19(26)23(10-21-13)9-15(24)25)22-16(11)14-8-20-18(27-14)12-5-3-2-4-6-12/h2-6,8,10-11,16,22H,7,9H2,1H3,(H,24,25). The van der Waals surface area contributed by atoms with E-state index in [1.807, 2.05) is 37.3 Å². The van der Waals surface area contributed by atoms with Crippen molar-refractivity contribution in [2.45, 2.75) is 25.9 Å². The molecule has 1 aromatic carbocycles. The lowest BCUT2D eigenvalue weighted by molar-refractivity contribution is -0.137. The summed E-state index contributed by atoms with van der Waals surface area (Å²) in [5.41, 5.74) is 1.42. The molecule has 0 bridgehead atoms. The van der Waals surface area contributed by atoms with Crippen molar-refractivity contribution >= 4 is 11.7 Å². The maximum Gasteiger partial charge on any atom is 0.323 e. The highest BCUT2D eigenvalue weighted by Crippen LogP contribution is 2.35. The SMILES string of the molecule is CC1Cc2ncn(CC(=O)O)c(=O)c2NC1c1cnc(-c2ccccc2)o1. The number of rotatable bonds is 4. The van der Waals surface area contributed by atoms with Crippen molar-refractivity contribution in [3.05, 3.63) is 64.7 Å². The van der Waals surface area contributed by atoms with Crippen LogP contribution in [0.4, 0.5) is 5.69 Å². The fraction of sp³-hybridized carbons (Fsp3) is 0.263. The third kappa shape index (κ3) is 3.21. The molecule has 4 rings (SSSR count). The van der Waals surface area contributed by atoms with E-state index in [1.165, 1.54) is 6.33 Å². The first-order valence-corrected chi connectivity index (χ1v) is 8.60. The summed E-state index contributed by atoms with van der Waals surface area (Å²) in [5, 5.41) is 12.1. The molecule has 2 aromatic heterocycles. The average Bonchev–Trinajstić information content (AvgIpc) is 3.14. The molecule has 27 heavy (non-hydrogen) atoms. The molecule has 2 N–H and O–H groups in total. The van der Waals surface area contributed by atoms with E-state index in [0.29, 0.717) is 29.5 Å². The van der Waals surface area contributed by atoms with Gasteiger partial charge in [-0.15, -0.1) is 0 Å². The number of nitrogens with one attached hydrogen (secondary N) is 1. The predicted octanol–water partition coefficient (Wildman–Crippen LogP) is 2.33. The van der Waals surface area contributed by atoms with Crippen molar-refractivity contribution in [2.24, 2.45) is 5.92 Å². The van der Waals surface area contributed by atoms with E-state index in [4.69, 9.17) is 9.52 Å². The summed E-state index contributed by atoms with van der Waals surface area (Å²) in [5.74, 6) is 0.165. The molecular weight excluding hydrogens is 348 g/mol. The largest absolute Gasteiger partial charge is 0.480 e. The molecule has 3 heterocycles. The Balaban J connectivity index is 1.66. The Hall–Kier alpha value is -3.42. The van der Waals surface area contributed by atoms with Gasteiger partial charge in [0.1, 0.15) is 18.0 Å². The molecule has 1 aliphatic heterocycles. The zero-order chi connectivity index (χ0) is 19.0. The molecule has 0 saturated carbocycles. The van der Waals surface area contributed by atoms with E-state index in [0.717, 1.165) is 10.1 Å². The quantitative estimate of drug-likeness (QED) is 0.729. The number of oxazole rings is 1. The van der Waals surface area contributed by atoms with Gasteiger partial charge in [0.15, 0.2) is 0 Å². The summed E-state index contributed by atoms with van der Waals surface area (Å²) in [7, 11) is 0. The number of nitrogens with zero attached hydrogens (tertiary/aromatic N) is 3. The number of benzene rings is 1. The summed E-state index contributed by atoms with van der Waals surface area (Å²) >= 11 is 0. The predicted molar refractivity (Wildman–Crippen MR) is 97.3 cm³/mol. The van der Waals surface area contributed by atoms with Crippen LogP contribution in [0.25, 0.3) is 11.5 Å². The van der Waals surface area contributed by atoms with Crippen LogP contribution in [-0.4, -0.2) is 25.6 Å². The van der Waals surface area contributed by atoms with Crippen LogP contribution in [0.3, 0.4) is 0 Å². The molecule has 0 fully saturated rings. The first-order valence-electron chi connectivity index (χ1n) is 8.60. The van der Waals surface area contributed by atoms with Crippen LogP contribution in [0.5, 0.6) is 0 Å². The number of hydrogen-bond acceptors (Lipinski definition) is 6. The number of hydrogen-bond donors (Lipinski definition) is 2. The lowest BCUT2D eigenvalue weighted by Crippen LogP contribution is -2.35. The molecule has 8 heteroatoms. The lowest BCUT2D eigenvalue weighted by Gasteiger charge is -2.30. The molecular formula is C19H18N4O4. The van der Waals surface area contributed by atoms with Gasteiger partial charge >= 0.3 is 5.97 Å². The van der Waals surface area contributed by atoms with Crippen molar-refractivity contribution < 1.29 is 14.3 Å². The number of carboxylic acids is 1. The zero-order valence-electron chi connectivity index (χ0n) is 14.6. The molecule has 138 valence electrons. The summed E-state index contributed by atoms with van der Waals surface area (Å²) in [4.78, 5) is 32.1. The van der Waals surface area contributed by atoms with Gasteiger partial charge in [-0.25, -0.2) is 9.97 Å². The van der Waals surface area contributed by atoms with Crippen molar-refractivity contribution in [2.75, 3.05) is 5.32 Å². The van der Waals surface area contributed by atoms with Crippen LogP contribution >= 0.6 is 0 Å². The molecule has 2 unspecified atom stereocenters. The van der Waals surface area contributed by atoms with Gasteiger partial charge in [-0.05, 0) is 24.5 Å². The maximum atomic E-state index is 12.6. The molecule has 1 aliphatic rings. The Morgan fingerprint density at radius 1 is 1.33 bits per heavy atom. The van der Waals surface area contributed by atoms with Gasteiger partial charge in [-0.2, -0.15) is 0 Å². The summed E-state index contributed by atoms with van der Waals surface area (Å²) in [6, 6.07) is 9.32. The summed E-state index contributed by atoms with van der Waals surface area (Å²) in [6.07, 6.45) is 3.52. The second-order valence-corrected chi connectivity index (χ2v) is 6.63. The highest BCUT2D eigenvalue weighted by molar-refractivity contribution is 5.66. The number of fused-ring (bicyclic) bond motifs is 1. The Morgan fingerprint density at radius 2 is 2.11 bits per heavy atom. The van der Waals surface area contributed by atoms with E-state index >= 15 is 0 Å². The van der Waals surface area contributed by atoms with E-state index in [2.05, 4.69) is 15.3 Å². The van der Waals surface area contributed by atoms with Gasteiger partial charge in [0.25, 0.3) is 5.56 Å². The minimum absolute atomic E-state index is 0.122. The van der Waals surface area contributed by atoms with E-state index in [9.17, 15) is 9.59 Å². The molecule has 2 atom stereocenters. The van der Waals surface area contributed by atoms with Gasteiger partial charge < -0.3 is 14.8 Å². The van der Waals surface area contributed by atoms with Crippen LogP contribution in [0.15, 0.2) is 52.1 Å². The molecule has 0 saturated heterocycles. The number of anilines is 1. The number of aromatic nitrogens is 3. The van der Waals surface area contributed by atoms with Crippen LogP contribution < -0.4 is 10.9 Å². The normalized spacial score (nSPS) is 18.6. The number of carbonyl (C=O) groups is 1. The van der Waals surface area contributed by atoms with Gasteiger partial charge in [-0.1, -0.05) is 25.1 Å². The van der Waals surface area contributed by atoms with Crippen molar-refractivity contribution in [1.82, 2.24) is 14.5 Å². The van der Waals surface area contributed by atoms with Gasteiger partial charge in [0.05, 0.1) is 24.3 Å². The maximum absolute atomic E-state index is 12.6. The molecule has 0 aliphatic carbocycles. The minimum atomic E-state index is -1.10. The van der Waals surface area contributed by atoms with Crippen molar-refractivity contribution in [1.29, 1.82) is 0 Å². The molecule has 8 nitrogen and oxygen atoms in total. The van der Waals surface area contributed by atoms with Crippen LogP contribution in [-0.2, 0) is 17.8 Å². The first kappa shape index (κ1) is 17.0. The topological polar surface area (TPSA) is 110 Å². The fourth-order valence-electron chi connectivity index (χ4n) is 3.30. The second-order valence-electron chi connectivity index (χ2n) is 6.63. The van der Waals surface area contributed by atoms with Crippen molar-refractivity contribution in [3.8, 4) is 11.5 Å². The lowest BCUT2D eigenvalue weighted by atomic mass is 9.90. The van der Waals surface area contributed by atoms with Gasteiger partial charge in [0, 0.05) is 5.56 Å². The third-order valence-corrected chi connectivity index (χ3v) is 4.66. The van der Waals surface area contributed by atoms with E-state index in [1.54, 1.807) is 6.20 Å². The van der Waals surface area contributed by atoms with E-state index < -0.39 is 18.1 Å². The van der Waals surface area contributed by atoms with Crippen LogP contribution in [0.1, 0.15) is 24.4 Å². The van der Waals surface area contributed by atoms with E-state index in [-0.39, 0.29) is 12.0 Å². The Labute approximate surface area is 154 Å². The van der Waals surface area contributed by atoms with Gasteiger partial charge in [0.2, 0.25) is 5.89 Å². The highest BCUT2D eigenvalue weighted by Gasteiger charge is 2.32. The minimum Gasteiger partial charge on any atom is -0.480 e. The first-order chi connectivity index (χ1) is 13.0. The Kier molecular flexibility index (Phi) is 4.23. The Bertz CT molecular complexity index is 1040. The molecule has 3 aromatic rings. The Morgan fingerprint density at radius 3 is 2.85 bits per heavy atom. The average molecular weight is 366 g/mol. The second kappa shape index (κ2) is 6.71. The van der Waals surface area contributed by atoms with Crippen LogP contribution in [0.2, 0.25) is 0 Å². The zero-order valence-corrected chi connectivity index (χ0v) is 14.6. The molecule has 0 amide bonds. The molecule has 0 radical (unpaired) electrons. The number of aliphatic carboxylic acids is 1. The highest BCUT2D eigenvalue weighted by atomic mass is 16.4. The van der Waals surface area contributed by atoms with Crippen LogP contribution in [0, 0.1) is 5.92 Å². The third-order valence-electron chi connectivity index (χ3n) is 4.66. The summed E-state index contributed by atoms with van der Waals surface area (Å²) in [6.45, 7) is 1.61.